The molecule has 1 aromatic rings. The van der Waals surface area contributed by atoms with Gasteiger partial charge in [0.25, 0.3) is 0 Å². The third-order valence-electron chi connectivity index (χ3n) is 2.70. The van der Waals surface area contributed by atoms with Gasteiger partial charge in [0.2, 0.25) is 0 Å². The molecule has 1 aliphatic rings. The maximum Gasteiger partial charge on any atom is 0.196 e. The van der Waals surface area contributed by atoms with Gasteiger partial charge in [0.05, 0.1) is 12.7 Å². The van der Waals surface area contributed by atoms with Crippen molar-refractivity contribution in [1.82, 2.24) is 20.6 Å². The molecule has 1 aliphatic heterocycles. The number of hydrogen-bond acceptors (Lipinski definition) is 5. The molecule has 0 unspecified atom stereocenters. The van der Waals surface area contributed by atoms with Crippen molar-refractivity contribution in [3.63, 3.8) is 0 Å². The number of ketones is 1. The van der Waals surface area contributed by atoms with E-state index >= 15 is 0 Å². The number of nitrogens with zero attached hydrogens (tertiary/aromatic N) is 2. The lowest BCUT2D eigenvalue weighted by atomic mass is 10.1. The van der Waals surface area contributed by atoms with Gasteiger partial charge in [-0.2, -0.15) is 0 Å². The molecule has 0 spiro atoms. The molecule has 1 fully saturated rings. The summed E-state index contributed by atoms with van der Waals surface area (Å²) in [5, 5.41) is 6.54. The molecule has 2 rings (SSSR count). The van der Waals surface area contributed by atoms with Crippen LogP contribution >= 0.6 is 0 Å². The van der Waals surface area contributed by atoms with Crippen LogP contribution in [0.5, 0.6) is 0 Å². The maximum atomic E-state index is 11.7. The highest BCUT2D eigenvalue weighted by atomic mass is 16.1. The first kappa shape index (κ1) is 11.2. The van der Waals surface area contributed by atoms with E-state index < -0.39 is 0 Å². The van der Waals surface area contributed by atoms with Crippen LogP contribution < -0.4 is 10.6 Å². The Hall–Kier alpha value is -1.33. The smallest absolute Gasteiger partial charge is 0.196 e. The number of nitrogens with one attached hydrogen (secondary N) is 2. The first-order chi connectivity index (χ1) is 7.86. The quantitative estimate of drug-likeness (QED) is 0.699. The van der Waals surface area contributed by atoms with Gasteiger partial charge in [0.1, 0.15) is 5.69 Å². The van der Waals surface area contributed by atoms with Gasteiger partial charge in [-0.1, -0.05) is 0 Å². The van der Waals surface area contributed by atoms with Crippen molar-refractivity contribution in [3.05, 3.63) is 24.3 Å². The number of aromatic nitrogens is 2. The Morgan fingerprint density at radius 3 is 3.19 bits per heavy atom. The third-order valence-corrected chi connectivity index (χ3v) is 2.70. The average molecular weight is 220 g/mol. The summed E-state index contributed by atoms with van der Waals surface area (Å²) in [5.74, 6) is -0.00123. The van der Waals surface area contributed by atoms with Gasteiger partial charge in [0.15, 0.2) is 5.78 Å². The van der Waals surface area contributed by atoms with Crippen molar-refractivity contribution in [3.8, 4) is 0 Å². The van der Waals surface area contributed by atoms with E-state index in [0.717, 1.165) is 25.9 Å². The SMILES string of the molecule is O=C(CN[C@@H]1CCCNC1)c1cnccn1. The van der Waals surface area contributed by atoms with E-state index in [1.807, 2.05) is 0 Å². The van der Waals surface area contributed by atoms with Crippen LogP contribution in [0.25, 0.3) is 0 Å². The van der Waals surface area contributed by atoms with Gasteiger partial charge in [0, 0.05) is 25.0 Å². The van der Waals surface area contributed by atoms with Crippen molar-refractivity contribution >= 4 is 5.78 Å². The van der Waals surface area contributed by atoms with E-state index in [2.05, 4.69) is 20.6 Å². The summed E-state index contributed by atoms with van der Waals surface area (Å²) < 4.78 is 0. The van der Waals surface area contributed by atoms with Crippen molar-refractivity contribution in [2.45, 2.75) is 18.9 Å². The minimum absolute atomic E-state index is 0.00123. The molecule has 2 N–H and O–H groups in total. The molecule has 0 radical (unpaired) electrons. The highest BCUT2D eigenvalue weighted by Crippen LogP contribution is 2.01. The molecule has 1 atom stereocenters. The van der Waals surface area contributed by atoms with E-state index in [1.54, 1.807) is 6.20 Å². The second kappa shape index (κ2) is 5.67. The van der Waals surface area contributed by atoms with E-state index in [9.17, 15) is 4.79 Å². The van der Waals surface area contributed by atoms with Crippen molar-refractivity contribution in [2.24, 2.45) is 0 Å². The molecule has 0 saturated carbocycles. The Bertz CT molecular complexity index is 335. The van der Waals surface area contributed by atoms with Crippen LogP contribution in [0.2, 0.25) is 0 Å². The molecule has 0 amide bonds. The van der Waals surface area contributed by atoms with Gasteiger partial charge in [-0.05, 0) is 19.4 Å². The van der Waals surface area contributed by atoms with Crippen LogP contribution in [0.1, 0.15) is 23.3 Å². The Balaban J connectivity index is 1.79. The molecule has 1 saturated heterocycles. The molecule has 5 heteroatoms. The van der Waals surface area contributed by atoms with Crippen LogP contribution in [0.4, 0.5) is 0 Å². The Labute approximate surface area is 94.7 Å². The van der Waals surface area contributed by atoms with E-state index in [4.69, 9.17) is 0 Å². The topological polar surface area (TPSA) is 66.9 Å². The Kier molecular flexibility index (Phi) is 3.96. The Morgan fingerprint density at radius 1 is 1.56 bits per heavy atom. The molecular formula is C11H16N4O. The molecule has 0 aromatic carbocycles. The van der Waals surface area contributed by atoms with Crippen molar-refractivity contribution in [2.75, 3.05) is 19.6 Å². The van der Waals surface area contributed by atoms with Gasteiger partial charge in [-0.15, -0.1) is 0 Å². The van der Waals surface area contributed by atoms with E-state index in [-0.39, 0.29) is 5.78 Å². The second-order valence-corrected chi connectivity index (χ2v) is 3.94. The van der Waals surface area contributed by atoms with Crippen LogP contribution in [0.15, 0.2) is 18.6 Å². The molecule has 0 bridgehead atoms. The van der Waals surface area contributed by atoms with Crippen molar-refractivity contribution < 1.29 is 4.79 Å². The monoisotopic (exact) mass is 220 g/mol. The fourth-order valence-electron chi connectivity index (χ4n) is 1.80. The maximum absolute atomic E-state index is 11.7. The number of hydrogen-bond donors (Lipinski definition) is 2. The summed E-state index contributed by atoms with van der Waals surface area (Å²) >= 11 is 0. The zero-order valence-corrected chi connectivity index (χ0v) is 9.15. The fourth-order valence-corrected chi connectivity index (χ4v) is 1.80. The molecular weight excluding hydrogens is 204 g/mol. The predicted octanol–water partition coefficient (Wildman–Crippen LogP) is 0.000900. The van der Waals surface area contributed by atoms with Gasteiger partial charge < -0.3 is 10.6 Å². The van der Waals surface area contributed by atoms with E-state index in [1.165, 1.54) is 12.4 Å². The molecule has 5 nitrogen and oxygen atoms in total. The average Bonchev–Trinajstić information content (AvgIpc) is 2.38. The summed E-state index contributed by atoms with van der Waals surface area (Å²) in [7, 11) is 0. The highest BCUT2D eigenvalue weighted by Gasteiger charge is 2.14. The predicted molar refractivity (Wildman–Crippen MR) is 60.3 cm³/mol. The molecule has 1 aromatic heterocycles. The lowest BCUT2D eigenvalue weighted by Gasteiger charge is -2.23. The molecule has 0 aliphatic carbocycles. The third kappa shape index (κ3) is 3.08. The minimum Gasteiger partial charge on any atom is -0.315 e. The number of rotatable bonds is 4. The summed E-state index contributed by atoms with van der Waals surface area (Å²) in [5.41, 5.74) is 0.429. The van der Waals surface area contributed by atoms with E-state index in [0.29, 0.717) is 18.3 Å². The minimum atomic E-state index is -0.00123. The van der Waals surface area contributed by atoms with Crippen LogP contribution in [-0.4, -0.2) is 41.4 Å². The first-order valence-corrected chi connectivity index (χ1v) is 5.59. The van der Waals surface area contributed by atoms with Crippen molar-refractivity contribution in [1.29, 1.82) is 0 Å². The second-order valence-electron chi connectivity index (χ2n) is 3.94. The number of carbonyl (C=O) groups excluding carboxylic acids is 1. The fraction of sp³-hybridized carbons (Fsp3) is 0.545. The van der Waals surface area contributed by atoms with Gasteiger partial charge in [-0.25, -0.2) is 4.98 Å². The number of Topliss-reactive ketones (excluding diaryl/α,β-unsaturated/α-hetero) is 1. The summed E-state index contributed by atoms with van der Waals surface area (Å²) in [4.78, 5) is 19.6. The van der Waals surface area contributed by atoms with Crippen LogP contribution in [0, 0.1) is 0 Å². The molecule has 16 heavy (non-hydrogen) atoms. The zero-order chi connectivity index (χ0) is 11.2. The van der Waals surface area contributed by atoms with Gasteiger partial charge in [-0.3, -0.25) is 9.78 Å². The lowest BCUT2D eigenvalue weighted by molar-refractivity contribution is 0.0980. The largest absolute Gasteiger partial charge is 0.315 e. The summed E-state index contributed by atoms with van der Waals surface area (Å²) in [6.45, 7) is 2.36. The van der Waals surface area contributed by atoms with Crippen LogP contribution in [-0.2, 0) is 0 Å². The van der Waals surface area contributed by atoms with Gasteiger partial charge >= 0.3 is 0 Å². The summed E-state index contributed by atoms with van der Waals surface area (Å²) in [6.07, 6.45) is 6.89. The normalized spacial score (nSPS) is 20.6. The van der Waals surface area contributed by atoms with Crippen LogP contribution in [0.3, 0.4) is 0 Å². The number of carbonyl (C=O) groups is 1. The number of piperidine rings is 1. The zero-order valence-electron chi connectivity index (χ0n) is 9.15. The molecule has 2 heterocycles. The highest BCUT2D eigenvalue weighted by molar-refractivity contribution is 5.95. The standard InChI is InChI=1S/C11H16N4O/c16-11(10-7-13-4-5-14-10)8-15-9-2-1-3-12-6-9/h4-5,7,9,12,15H,1-3,6,8H2/t9-/m1/s1. The first-order valence-electron chi connectivity index (χ1n) is 5.59. The molecule has 86 valence electrons. The lowest BCUT2D eigenvalue weighted by Crippen LogP contribution is -2.44. The summed E-state index contributed by atoms with van der Waals surface area (Å²) in [6, 6.07) is 0.398. The Morgan fingerprint density at radius 2 is 2.50 bits per heavy atom.